The van der Waals surface area contributed by atoms with Gasteiger partial charge in [-0.25, -0.2) is 4.90 Å². The van der Waals surface area contributed by atoms with E-state index in [-0.39, 0.29) is 24.8 Å². The minimum atomic E-state index is -0.781. The van der Waals surface area contributed by atoms with E-state index >= 15 is 0 Å². The SMILES string of the molecule is C=CCCCCCCCCCCC1(O)C=CC2=[N+](CCCCC[NH+]=C(N)N)CCCN21.[Cl-].[Cl-]. The smallest absolute Gasteiger partial charge is 0.338 e. The van der Waals surface area contributed by atoms with E-state index in [0.29, 0.717) is 5.96 Å². The third-order valence-corrected chi connectivity index (χ3v) is 6.51. The quantitative estimate of drug-likeness (QED) is 0.0534. The van der Waals surface area contributed by atoms with E-state index in [1.165, 1.54) is 50.8 Å². The fraction of sp³-hybridized carbons (Fsp3) is 0.760. The van der Waals surface area contributed by atoms with E-state index in [4.69, 9.17) is 11.5 Å². The second-order valence-electron chi connectivity index (χ2n) is 9.16. The van der Waals surface area contributed by atoms with Crippen molar-refractivity contribution < 1.29 is 39.5 Å². The number of allylic oxidation sites excluding steroid dienone is 1. The maximum atomic E-state index is 11.3. The van der Waals surface area contributed by atoms with Crippen molar-refractivity contribution in [1.29, 1.82) is 0 Å². The molecule has 2 heterocycles. The third kappa shape index (κ3) is 11.6. The van der Waals surface area contributed by atoms with Gasteiger partial charge in [0.15, 0.2) is 0 Å². The molecule has 0 radical (unpaired) electrons. The van der Waals surface area contributed by atoms with Crippen molar-refractivity contribution in [1.82, 2.24) is 4.90 Å². The van der Waals surface area contributed by atoms with Crippen molar-refractivity contribution in [2.45, 2.75) is 95.6 Å². The number of fused-ring (bicyclic) bond motifs is 1. The van der Waals surface area contributed by atoms with Crippen LogP contribution in [-0.4, -0.2) is 58.3 Å². The maximum absolute atomic E-state index is 11.3. The second-order valence-corrected chi connectivity index (χ2v) is 9.16. The molecule has 0 aromatic heterocycles. The van der Waals surface area contributed by atoms with Gasteiger partial charge in [-0.15, -0.1) is 6.58 Å². The van der Waals surface area contributed by atoms with Crippen LogP contribution in [0.2, 0.25) is 0 Å². The first-order chi connectivity index (χ1) is 15.1. The number of guanidine groups is 1. The Hall–Kier alpha value is -1.24. The average molecular weight is 505 g/mol. The molecule has 0 saturated heterocycles. The number of unbranched alkanes of at least 4 members (excludes halogenated alkanes) is 10. The van der Waals surface area contributed by atoms with Crippen LogP contribution in [0, 0.1) is 0 Å². The predicted molar refractivity (Wildman–Crippen MR) is 130 cm³/mol. The molecule has 0 aliphatic carbocycles. The molecule has 6 N–H and O–H groups in total. The van der Waals surface area contributed by atoms with Gasteiger partial charge in [0.2, 0.25) is 5.72 Å². The molecule has 0 amide bonds. The van der Waals surface area contributed by atoms with Crippen LogP contribution < -0.4 is 41.3 Å². The predicted octanol–water partition coefficient (Wildman–Crippen LogP) is -4.02. The van der Waals surface area contributed by atoms with Gasteiger partial charge in [-0.2, -0.15) is 0 Å². The van der Waals surface area contributed by atoms with Crippen LogP contribution in [0.15, 0.2) is 24.8 Å². The summed E-state index contributed by atoms with van der Waals surface area (Å²) in [6, 6.07) is 0. The highest BCUT2D eigenvalue weighted by atomic mass is 35.5. The summed E-state index contributed by atoms with van der Waals surface area (Å²) in [6.45, 7) is 7.69. The topological polar surface area (TPSA) is 92.5 Å². The van der Waals surface area contributed by atoms with E-state index in [9.17, 15) is 5.11 Å². The van der Waals surface area contributed by atoms with E-state index in [1.54, 1.807) is 0 Å². The lowest BCUT2D eigenvalue weighted by Gasteiger charge is -2.32. The highest BCUT2D eigenvalue weighted by Crippen LogP contribution is 2.30. The highest BCUT2D eigenvalue weighted by Gasteiger charge is 2.46. The highest BCUT2D eigenvalue weighted by molar-refractivity contribution is 5.92. The number of nitrogens with one attached hydrogen (secondary N) is 1. The molecule has 0 saturated carbocycles. The number of rotatable bonds is 17. The van der Waals surface area contributed by atoms with E-state index in [0.717, 1.165) is 71.1 Å². The van der Waals surface area contributed by atoms with Gasteiger partial charge in [-0.1, -0.05) is 44.6 Å². The molecule has 1 atom stereocenters. The fourth-order valence-electron chi connectivity index (χ4n) is 4.72. The first-order valence-electron chi connectivity index (χ1n) is 12.6. The van der Waals surface area contributed by atoms with Gasteiger partial charge in [0.25, 0.3) is 5.84 Å². The largest absolute Gasteiger partial charge is 1.00 e. The Labute approximate surface area is 214 Å². The second kappa shape index (κ2) is 18.1. The number of halogens is 2. The van der Waals surface area contributed by atoms with Gasteiger partial charge in [0.05, 0.1) is 26.2 Å². The molecule has 33 heavy (non-hydrogen) atoms. The summed E-state index contributed by atoms with van der Waals surface area (Å²) in [5, 5.41) is 11.3. The number of hydrogen-bond donors (Lipinski definition) is 4. The van der Waals surface area contributed by atoms with Crippen LogP contribution in [-0.2, 0) is 0 Å². The lowest BCUT2D eigenvalue weighted by molar-refractivity contribution is -0.539. The summed E-state index contributed by atoms with van der Waals surface area (Å²) in [4.78, 5) is 5.21. The summed E-state index contributed by atoms with van der Waals surface area (Å²) in [5.74, 6) is 1.52. The fourth-order valence-corrected chi connectivity index (χ4v) is 4.72. The van der Waals surface area contributed by atoms with Crippen molar-refractivity contribution in [2.75, 3.05) is 26.2 Å². The van der Waals surface area contributed by atoms with Crippen molar-refractivity contribution in [3.05, 3.63) is 24.8 Å². The number of amidine groups is 1. The molecule has 0 aromatic carbocycles. The first-order valence-corrected chi connectivity index (χ1v) is 12.6. The van der Waals surface area contributed by atoms with E-state index in [1.807, 2.05) is 12.2 Å². The minimum Gasteiger partial charge on any atom is -1.00 e. The molecule has 6 nitrogen and oxygen atoms in total. The lowest BCUT2D eigenvalue weighted by atomic mass is 10.0. The van der Waals surface area contributed by atoms with E-state index < -0.39 is 5.72 Å². The Morgan fingerprint density at radius 1 is 1.03 bits per heavy atom. The van der Waals surface area contributed by atoms with Crippen molar-refractivity contribution >= 4 is 11.8 Å². The molecule has 2 aliphatic rings. The molecule has 192 valence electrons. The molecule has 1 unspecified atom stereocenters. The first kappa shape index (κ1) is 31.8. The molecule has 0 fully saturated rings. The van der Waals surface area contributed by atoms with Crippen LogP contribution >= 0.6 is 0 Å². The van der Waals surface area contributed by atoms with Gasteiger partial charge >= 0.3 is 5.96 Å². The van der Waals surface area contributed by atoms with Crippen molar-refractivity contribution in [3.63, 3.8) is 0 Å². The Morgan fingerprint density at radius 3 is 2.33 bits per heavy atom. The minimum absolute atomic E-state index is 0. The van der Waals surface area contributed by atoms with Crippen LogP contribution in [0.25, 0.3) is 0 Å². The molecule has 2 rings (SSSR count). The standard InChI is InChI=1S/C25H46N5O.2ClH/c1-2-3-4-5-6-7-8-9-10-12-17-25(31)18-16-23-29(21-15-22-30(23)25)20-14-11-13-19-28-24(26)27;;/h2,16,18,31H,1,3-15,17,19-22H2,(H4,26,27,28);2*1H/q+1;;/p-1. The van der Waals surface area contributed by atoms with Crippen molar-refractivity contribution in [3.8, 4) is 0 Å². The maximum Gasteiger partial charge on any atom is 0.338 e. The summed E-state index contributed by atoms with van der Waals surface area (Å²) in [7, 11) is 0. The van der Waals surface area contributed by atoms with Crippen LogP contribution in [0.1, 0.15) is 89.9 Å². The summed E-state index contributed by atoms with van der Waals surface area (Å²) in [6.07, 6.45) is 22.9. The van der Waals surface area contributed by atoms with Gasteiger partial charge in [0.1, 0.15) is 0 Å². The van der Waals surface area contributed by atoms with Gasteiger partial charge in [0, 0.05) is 18.9 Å². The Balaban J connectivity index is 0.00000512. The number of hydrogen-bond acceptors (Lipinski definition) is 2. The van der Waals surface area contributed by atoms with Crippen LogP contribution in [0.4, 0.5) is 0 Å². The monoisotopic (exact) mass is 503 g/mol. The van der Waals surface area contributed by atoms with Gasteiger partial charge in [-0.3, -0.25) is 21.0 Å². The van der Waals surface area contributed by atoms with Crippen LogP contribution in [0.3, 0.4) is 0 Å². The van der Waals surface area contributed by atoms with Crippen LogP contribution in [0.5, 0.6) is 0 Å². The molecule has 0 aromatic rings. The normalized spacial score (nSPS) is 19.0. The summed E-state index contributed by atoms with van der Waals surface area (Å²) in [5.41, 5.74) is 10.1. The molecular formula is C25H47Cl2N5O. The van der Waals surface area contributed by atoms with E-state index in [2.05, 4.69) is 27.1 Å². The number of nitrogens with zero attached hydrogens (tertiary/aromatic N) is 2. The third-order valence-electron chi connectivity index (χ3n) is 6.51. The molecule has 8 heteroatoms. The number of aliphatic hydroxyl groups is 1. The van der Waals surface area contributed by atoms with Crippen molar-refractivity contribution in [2.24, 2.45) is 11.5 Å². The zero-order valence-electron chi connectivity index (χ0n) is 20.4. The lowest BCUT2D eigenvalue weighted by Crippen LogP contribution is -3.00. The number of nitrogens with two attached hydrogens (primary N) is 2. The van der Waals surface area contributed by atoms with Gasteiger partial charge in [-0.05, 0) is 44.6 Å². The Bertz CT molecular complexity index is 634. The zero-order chi connectivity index (χ0) is 22.4. The molecular weight excluding hydrogens is 457 g/mol. The summed E-state index contributed by atoms with van der Waals surface area (Å²) >= 11 is 0. The average Bonchev–Trinajstić information content (AvgIpc) is 3.09. The Kier molecular flexibility index (Phi) is 17.5. The molecule has 0 spiro atoms. The molecule has 0 bridgehead atoms. The molecule has 2 aliphatic heterocycles. The zero-order valence-corrected chi connectivity index (χ0v) is 21.9. The Morgan fingerprint density at radius 2 is 1.67 bits per heavy atom. The van der Waals surface area contributed by atoms with Gasteiger partial charge < -0.3 is 29.9 Å². The summed E-state index contributed by atoms with van der Waals surface area (Å²) < 4.78 is 2.45.